The Morgan fingerprint density at radius 2 is 0.637 bits per heavy atom. The molecule has 0 saturated carbocycles. The average Bonchev–Trinajstić information content (AvgIpc) is 1.63. The third kappa shape index (κ3) is 14.7. The number of halogens is 15. The molecule has 12 aromatic rings. The maximum atomic E-state index is 16.4. The quantitative estimate of drug-likeness (QED) is 0.0569. The van der Waals surface area contributed by atoms with Crippen LogP contribution in [0.2, 0.25) is 0 Å². The van der Waals surface area contributed by atoms with Crippen molar-refractivity contribution >= 4 is 92.9 Å². The third-order valence-electron chi connectivity index (χ3n) is 17.8. The first-order valence-corrected chi connectivity index (χ1v) is 35.9. The van der Waals surface area contributed by atoms with E-state index in [1.165, 1.54) is 41.9 Å². The number of thiazole rings is 3. The lowest BCUT2D eigenvalue weighted by Crippen LogP contribution is -2.36. The summed E-state index contributed by atoms with van der Waals surface area (Å²) in [6.07, 6.45) is -19.4. The molecule has 0 fully saturated rings. The van der Waals surface area contributed by atoms with Crippen molar-refractivity contribution in [3.63, 3.8) is 0 Å². The van der Waals surface area contributed by atoms with Crippen molar-refractivity contribution < 1.29 is 112 Å². The molecule has 0 aliphatic carbocycles. The maximum absolute atomic E-state index is 16.4. The van der Waals surface area contributed by atoms with E-state index < -0.39 is 217 Å². The lowest BCUT2D eigenvalue weighted by atomic mass is 10.1. The standard InChI is InChI=1S/C66H48F15N12O16PS3/c1-25-31(43-52(97)85(4)61(100)88(7)55(43)107-25)16-40(94)82-58-91(37(19-111-58)28-10-13-34(64(73,74)75)49(70)46(28)67)22-104-110(103,105-23-92-38(29-11-14-35(65(76,77)78)50(71)47(29)68)20-112-59(92)83-41(95)17-32-26(2)108-56-44(32)53(98)86(5)62(101)89(56)8)106-24-93-39(30-12-15-36(66(79,80)81)51(72)48(30)69)21-113-60(93)84-42(96)18-33-27(3)109-57-45(33)54(99)87(6)63(102)90(57)9/h10-15,19-21H,16-18,22-24H2,1-9H3/b82-58+,83-59+,84-60+. The molecule has 12 rings (SSSR count). The number of furan rings is 3. The van der Waals surface area contributed by atoms with Gasteiger partial charge in [-0.05, 0) is 57.2 Å². The van der Waals surface area contributed by atoms with Crippen LogP contribution in [0.3, 0.4) is 0 Å². The number of carbonyl (C=O) groups is 3. The van der Waals surface area contributed by atoms with Crippen LogP contribution in [0, 0.1) is 55.7 Å². The molecule has 0 radical (unpaired) electrons. The zero-order valence-electron chi connectivity index (χ0n) is 58.7. The molecular formula is C66H48F15N12O16PS3. The number of aromatic nitrogens is 9. The number of rotatable bonds is 18. The lowest BCUT2D eigenvalue weighted by molar-refractivity contribution is -0.141. The SMILES string of the molecule is Cc1oc2c(c1CC(=O)/N=c1/scc(-c3ccc(C(F)(F)F)c(F)c3F)n1COP(=O)(OCn1c(-c3ccc(C(F)(F)F)c(F)c3F)cs/c1=N/C(=O)Cc1c(C)oc3c1c(=O)n(C)c(=O)n3C)OCn1c(-c3ccc(C(F)(F)F)c(F)c3F)cs/c1=N/C(=O)Cc1c(C)oc3c1c(=O)n(C)c(=O)n3C)c(=O)n(C)c(=O)n2C. The summed E-state index contributed by atoms with van der Waals surface area (Å²) in [7, 11) is 0.707. The van der Waals surface area contributed by atoms with Crippen molar-refractivity contribution in [2.24, 2.45) is 57.3 Å². The molecule has 113 heavy (non-hydrogen) atoms. The molecule has 9 heterocycles. The van der Waals surface area contributed by atoms with Crippen LogP contribution in [0.25, 0.3) is 67.1 Å². The van der Waals surface area contributed by atoms with E-state index in [-0.39, 0.29) is 85.5 Å². The van der Waals surface area contributed by atoms with Crippen LogP contribution in [0.4, 0.5) is 65.9 Å². The highest BCUT2D eigenvalue weighted by Gasteiger charge is 2.41. The van der Waals surface area contributed by atoms with Gasteiger partial charge in [0, 0.05) is 91.8 Å². The van der Waals surface area contributed by atoms with Gasteiger partial charge >= 0.3 is 43.4 Å². The van der Waals surface area contributed by atoms with Gasteiger partial charge in [-0.2, -0.15) is 54.5 Å². The monoisotopic (exact) mass is 1680 g/mol. The number of fused-ring (bicyclic) bond motifs is 3. The van der Waals surface area contributed by atoms with Gasteiger partial charge in [0.1, 0.15) is 53.6 Å². The molecule has 3 amide bonds. The van der Waals surface area contributed by atoms with Crippen molar-refractivity contribution in [2.45, 2.75) is 78.8 Å². The highest BCUT2D eigenvalue weighted by atomic mass is 32.1. The Hall–Kier alpha value is -11.3. The number of amides is 3. The molecule has 596 valence electrons. The number of alkyl halides is 9. The topological polar surface area (TPSA) is 319 Å². The first-order chi connectivity index (χ1) is 52.8. The van der Waals surface area contributed by atoms with Crippen LogP contribution in [0.15, 0.2) is 110 Å². The zero-order chi connectivity index (χ0) is 82.8. The molecule has 28 nitrogen and oxygen atoms in total. The summed E-state index contributed by atoms with van der Waals surface area (Å²) >= 11 is 0.881. The molecule has 3 aromatic carbocycles. The normalized spacial score (nSPS) is 13.1. The predicted molar refractivity (Wildman–Crippen MR) is 366 cm³/mol. The number of nitrogens with zero attached hydrogens (tertiary/aromatic N) is 12. The van der Waals surface area contributed by atoms with Crippen molar-refractivity contribution in [3.8, 4) is 33.8 Å². The Kier molecular flexibility index (Phi) is 21.3. The van der Waals surface area contributed by atoms with Gasteiger partial charge in [-0.1, -0.05) is 0 Å². The third-order valence-corrected chi connectivity index (χ3v) is 21.7. The summed E-state index contributed by atoms with van der Waals surface area (Å²) in [6.45, 7) is -1.09. The van der Waals surface area contributed by atoms with E-state index in [1.807, 2.05) is 0 Å². The minimum Gasteiger partial charge on any atom is -0.444 e. The summed E-state index contributed by atoms with van der Waals surface area (Å²) in [5, 5.41) is 1.50. The lowest BCUT2D eigenvalue weighted by Gasteiger charge is -2.21. The second-order valence-corrected chi connectivity index (χ2v) is 28.9. The number of phosphoric ester groups is 1. The van der Waals surface area contributed by atoms with Crippen LogP contribution in [-0.2, 0) is 133 Å². The number of aryl methyl sites for hydroxylation is 6. The van der Waals surface area contributed by atoms with Gasteiger partial charge in [0.05, 0.1) is 53.0 Å². The predicted octanol–water partition coefficient (Wildman–Crippen LogP) is 9.96. The van der Waals surface area contributed by atoms with Gasteiger partial charge in [-0.3, -0.25) is 83.4 Å². The van der Waals surface area contributed by atoms with Crippen LogP contribution >= 0.6 is 41.8 Å². The van der Waals surface area contributed by atoms with Crippen molar-refractivity contribution in [3.05, 3.63) is 215 Å². The number of benzene rings is 3. The molecule has 0 saturated heterocycles. The molecule has 0 bridgehead atoms. The van der Waals surface area contributed by atoms with Gasteiger partial charge in [0.25, 0.3) is 34.4 Å². The van der Waals surface area contributed by atoms with Gasteiger partial charge < -0.3 is 13.3 Å². The van der Waals surface area contributed by atoms with Gasteiger partial charge in [0.15, 0.2) is 49.3 Å². The van der Waals surface area contributed by atoms with Crippen molar-refractivity contribution in [1.82, 2.24) is 41.1 Å². The summed E-state index contributed by atoms with van der Waals surface area (Å²) in [4.78, 5) is 132. The maximum Gasteiger partial charge on any atom is 0.480 e. The second-order valence-electron chi connectivity index (χ2n) is 24.7. The van der Waals surface area contributed by atoms with Crippen LogP contribution < -0.4 is 48.2 Å². The van der Waals surface area contributed by atoms with E-state index >= 15 is 30.9 Å². The Bertz CT molecular complexity index is 6130. The zero-order valence-corrected chi connectivity index (χ0v) is 62.0. The van der Waals surface area contributed by atoms with Gasteiger partial charge in [-0.25, -0.2) is 45.3 Å². The number of carbonyl (C=O) groups excluding carboxylic acids is 3. The Morgan fingerprint density at radius 3 is 0.867 bits per heavy atom. The Labute approximate surface area is 627 Å². The molecule has 0 atom stereocenters. The highest BCUT2D eigenvalue weighted by Crippen LogP contribution is 2.52. The van der Waals surface area contributed by atoms with E-state index in [2.05, 4.69) is 15.0 Å². The van der Waals surface area contributed by atoms with E-state index in [0.29, 0.717) is 79.6 Å². The van der Waals surface area contributed by atoms with E-state index in [0.717, 1.165) is 51.0 Å². The smallest absolute Gasteiger partial charge is 0.444 e. The summed E-state index contributed by atoms with van der Waals surface area (Å²) in [6, 6.07) is 1.36. The van der Waals surface area contributed by atoms with Crippen molar-refractivity contribution in [2.75, 3.05) is 0 Å². The van der Waals surface area contributed by atoms with E-state index in [9.17, 15) is 82.7 Å². The van der Waals surface area contributed by atoms with E-state index in [4.69, 9.17) is 26.8 Å². The average molecular weight is 1680 g/mol. The molecule has 0 aliphatic heterocycles. The number of hydrogen-bond donors (Lipinski definition) is 0. The van der Waals surface area contributed by atoms with Crippen LogP contribution in [-0.4, -0.2) is 58.8 Å². The Morgan fingerprint density at radius 1 is 0.398 bits per heavy atom. The molecule has 9 aromatic heterocycles. The largest absolute Gasteiger partial charge is 0.480 e. The summed E-state index contributed by atoms with van der Waals surface area (Å²) in [5.74, 6) is -18.6. The van der Waals surface area contributed by atoms with Gasteiger partial charge in [-0.15, -0.1) is 34.0 Å². The summed E-state index contributed by atoms with van der Waals surface area (Å²) < 4.78 is 280. The first-order valence-electron chi connectivity index (χ1n) is 31.8. The molecular weight excluding hydrogens is 1630 g/mol. The fourth-order valence-electron chi connectivity index (χ4n) is 12.0. The summed E-state index contributed by atoms with van der Waals surface area (Å²) in [5.41, 5.74) is -19.4. The molecule has 0 N–H and O–H groups in total. The molecule has 47 heteroatoms. The number of hydrogen-bond acceptors (Lipinski definition) is 19. The van der Waals surface area contributed by atoms with Crippen molar-refractivity contribution in [1.29, 1.82) is 0 Å². The fraction of sp³-hybridized carbons (Fsp3) is 0.273. The molecule has 0 spiro atoms. The van der Waals surface area contributed by atoms with Crippen LogP contribution in [0.5, 0.6) is 0 Å². The minimum absolute atomic E-state index is 0.0746. The molecule has 0 aliphatic rings. The highest BCUT2D eigenvalue weighted by molar-refractivity contribution is 7.48. The minimum atomic E-state index is -6.20. The van der Waals surface area contributed by atoms with Crippen LogP contribution in [0.1, 0.15) is 50.7 Å². The molecule has 0 unspecified atom stereocenters. The van der Waals surface area contributed by atoms with Gasteiger partial charge in [0.2, 0.25) is 17.1 Å². The second kappa shape index (κ2) is 29.7. The Balaban J connectivity index is 1.04. The first kappa shape index (κ1) is 81.2. The fourth-order valence-corrected chi connectivity index (χ4v) is 15.7. The number of phosphoric acid groups is 1. The van der Waals surface area contributed by atoms with E-state index in [1.54, 1.807) is 0 Å².